The van der Waals surface area contributed by atoms with Gasteiger partial charge >= 0.3 is 6.36 Å². The molecule has 9 heteroatoms. The van der Waals surface area contributed by atoms with E-state index in [1.807, 2.05) is 4.90 Å². The third-order valence-electron chi connectivity index (χ3n) is 4.62. The lowest BCUT2D eigenvalue weighted by Gasteiger charge is -2.34. The Hall–Kier alpha value is -1.84. The molecular formula is C18H23F3N2O4. The average molecular weight is 388 g/mol. The highest BCUT2D eigenvalue weighted by molar-refractivity contribution is 5.78. The van der Waals surface area contributed by atoms with E-state index in [1.165, 1.54) is 18.2 Å². The normalized spacial score (nSPS) is 22.0. The van der Waals surface area contributed by atoms with Gasteiger partial charge in [-0.1, -0.05) is 18.2 Å². The van der Waals surface area contributed by atoms with E-state index in [0.717, 1.165) is 19.4 Å². The van der Waals surface area contributed by atoms with Crippen molar-refractivity contribution < 1.29 is 32.2 Å². The van der Waals surface area contributed by atoms with Gasteiger partial charge in [0.25, 0.3) is 0 Å². The van der Waals surface area contributed by atoms with Crippen molar-refractivity contribution >= 4 is 5.91 Å². The van der Waals surface area contributed by atoms with Crippen LogP contribution in [-0.4, -0.2) is 56.3 Å². The summed E-state index contributed by atoms with van der Waals surface area (Å²) in [6, 6.07) is 5.77. The monoisotopic (exact) mass is 388 g/mol. The van der Waals surface area contributed by atoms with Crippen LogP contribution in [-0.2, 0) is 20.8 Å². The lowest BCUT2D eigenvalue weighted by atomic mass is 9.97. The number of likely N-dealkylation sites (tertiary alicyclic amines) is 1. The van der Waals surface area contributed by atoms with E-state index in [0.29, 0.717) is 19.8 Å². The second-order valence-corrected chi connectivity index (χ2v) is 6.68. The minimum absolute atomic E-state index is 0.0306. The van der Waals surface area contributed by atoms with E-state index in [-0.39, 0.29) is 42.5 Å². The molecule has 1 atom stereocenters. The van der Waals surface area contributed by atoms with E-state index >= 15 is 0 Å². The van der Waals surface area contributed by atoms with Crippen LogP contribution in [0.2, 0.25) is 0 Å². The Morgan fingerprint density at radius 2 is 2.00 bits per heavy atom. The molecule has 27 heavy (non-hydrogen) atoms. The van der Waals surface area contributed by atoms with Gasteiger partial charge in [-0.2, -0.15) is 0 Å². The van der Waals surface area contributed by atoms with Crippen LogP contribution >= 0.6 is 0 Å². The molecule has 0 bridgehead atoms. The summed E-state index contributed by atoms with van der Waals surface area (Å²) in [7, 11) is 0. The van der Waals surface area contributed by atoms with Gasteiger partial charge in [-0.25, -0.2) is 0 Å². The molecule has 1 aromatic rings. The minimum atomic E-state index is -4.77. The zero-order chi connectivity index (χ0) is 19.3. The van der Waals surface area contributed by atoms with Crippen LogP contribution in [0.25, 0.3) is 0 Å². The van der Waals surface area contributed by atoms with Crippen LogP contribution < -0.4 is 10.1 Å². The second kappa shape index (κ2) is 8.90. The van der Waals surface area contributed by atoms with Gasteiger partial charge in [0.1, 0.15) is 5.75 Å². The number of amides is 1. The molecule has 2 heterocycles. The van der Waals surface area contributed by atoms with E-state index in [1.54, 1.807) is 6.07 Å². The molecule has 2 aliphatic heterocycles. The molecule has 150 valence electrons. The third kappa shape index (κ3) is 6.08. The fourth-order valence-electron chi connectivity index (χ4n) is 3.43. The number of piperidine rings is 1. The first-order chi connectivity index (χ1) is 12.9. The Bertz CT molecular complexity index is 635. The molecule has 6 nitrogen and oxygen atoms in total. The summed E-state index contributed by atoms with van der Waals surface area (Å²) in [5.41, 5.74) is 0.271. The van der Waals surface area contributed by atoms with Crippen LogP contribution in [0.1, 0.15) is 18.4 Å². The van der Waals surface area contributed by atoms with E-state index in [2.05, 4.69) is 10.1 Å². The van der Waals surface area contributed by atoms with Crippen LogP contribution in [0.3, 0.4) is 0 Å². The maximum absolute atomic E-state index is 12.5. The van der Waals surface area contributed by atoms with Crippen molar-refractivity contribution in [2.24, 2.45) is 5.92 Å². The first kappa shape index (κ1) is 19.9. The van der Waals surface area contributed by atoms with Crippen molar-refractivity contribution in [2.75, 3.05) is 32.8 Å². The van der Waals surface area contributed by atoms with Crippen LogP contribution in [0, 0.1) is 5.92 Å². The summed E-state index contributed by atoms with van der Waals surface area (Å²) in [5, 5.41) is 2.67. The quantitative estimate of drug-likeness (QED) is 0.810. The van der Waals surface area contributed by atoms with Gasteiger partial charge in [-0.15, -0.1) is 13.2 Å². The fourth-order valence-corrected chi connectivity index (χ4v) is 3.43. The highest BCUT2D eigenvalue weighted by atomic mass is 19.4. The maximum Gasteiger partial charge on any atom is 0.573 e. The summed E-state index contributed by atoms with van der Waals surface area (Å²) in [6.45, 7) is 2.85. The summed E-state index contributed by atoms with van der Waals surface area (Å²) in [4.78, 5) is 14.3. The second-order valence-electron chi connectivity index (χ2n) is 6.68. The standard InChI is InChI=1S/C18H23F3N2O4/c19-18(20,21)27-15-6-2-1-4-13(15)10-22-16(24)12-23-7-3-5-14(11-23)17-25-8-9-26-17/h1-2,4,6,14,17H,3,5,7-12H2,(H,22,24). The van der Waals surface area contributed by atoms with Crippen molar-refractivity contribution in [2.45, 2.75) is 32.0 Å². The summed E-state index contributed by atoms with van der Waals surface area (Å²) >= 11 is 0. The number of nitrogens with one attached hydrogen (secondary N) is 1. The van der Waals surface area contributed by atoms with Crippen molar-refractivity contribution in [3.63, 3.8) is 0 Å². The molecule has 1 N–H and O–H groups in total. The number of nitrogens with zero attached hydrogens (tertiary/aromatic N) is 1. The summed E-state index contributed by atoms with van der Waals surface area (Å²) in [6.07, 6.45) is -3.04. The molecule has 2 saturated heterocycles. The fraction of sp³-hybridized carbons (Fsp3) is 0.611. The van der Waals surface area contributed by atoms with Crippen LogP contribution in [0.5, 0.6) is 5.75 Å². The molecule has 0 aliphatic carbocycles. The molecule has 0 spiro atoms. The Balaban J connectivity index is 1.48. The minimum Gasteiger partial charge on any atom is -0.405 e. The average Bonchev–Trinajstić information content (AvgIpc) is 3.15. The molecule has 1 aromatic carbocycles. The Kier molecular flexibility index (Phi) is 6.56. The Morgan fingerprint density at radius 3 is 2.74 bits per heavy atom. The molecule has 2 fully saturated rings. The van der Waals surface area contributed by atoms with Crippen LogP contribution in [0.4, 0.5) is 13.2 Å². The van der Waals surface area contributed by atoms with E-state index in [9.17, 15) is 18.0 Å². The molecule has 0 aromatic heterocycles. The number of hydrogen-bond donors (Lipinski definition) is 1. The zero-order valence-corrected chi connectivity index (χ0v) is 14.8. The number of carbonyl (C=O) groups excluding carboxylic acids is 1. The number of rotatable bonds is 6. The Labute approximate surface area is 155 Å². The molecular weight excluding hydrogens is 365 g/mol. The van der Waals surface area contributed by atoms with Gasteiger partial charge in [-0.05, 0) is 25.5 Å². The first-order valence-corrected chi connectivity index (χ1v) is 8.96. The van der Waals surface area contributed by atoms with E-state index in [4.69, 9.17) is 9.47 Å². The number of carbonyl (C=O) groups is 1. The van der Waals surface area contributed by atoms with Crippen molar-refractivity contribution in [1.29, 1.82) is 0 Å². The Morgan fingerprint density at radius 1 is 1.26 bits per heavy atom. The predicted octanol–water partition coefficient (Wildman–Crippen LogP) is 2.29. The topological polar surface area (TPSA) is 60.0 Å². The largest absolute Gasteiger partial charge is 0.573 e. The smallest absolute Gasteiger partial charge is 0.405 e. The van der Waals surface area contributed by atoms with Gasteiger partial charge < -0.3 is 19.5 Å². The highest BCUT2D eigenvalue weighted by Gasteiger charge is 2.33. The number of ether oxygens (including phenoxy) is 3. The molecule has 0 saturated carbocycles. The predicted molar refractivity (Wildman–Crippen MR) is 89.8 cm³/mol. The SMILES string of the molecule is O=C(CN1CCCC(C2OCCO2)C1)NCc1ccccc1OC(F)(F)F. The zero-order valence-electron chi connectivity index (χ0n) is 14.8. The molecule has 2 aliphatic rings. The first-order valence-electron chi connectivity index (χ1n) is 8.96. The van der Waals surface area contributed by atoms with Crippen molar-refractivity contribution in [3.8, 4) is 5.75 Å². The van der Waals surface area contributed by atoms with Crippen molar-refractivity contribution in [3.05, 3.63) is 29.8 Å². The molecule has 1 amide bonds. The maximum atomic E-state index is 12.5. The van der Waals surface area contributed by atoms with Gasteiger partial charge in [0.2, 0.25) is 5.91 Å². The highest BCUT2D eigenvalue weighted by Crippen LogP contribution is 2.26. The summed E-state index contributed by atoms with van der Waals surface area (Å²) < 4.78 is 52.5. The number of para-hydroxylation sites is 1. The number of hydrogen-bond acceptors (Lipinski definition) is 5. The lowest BCUT2D eigenvalue weighted by Crippen LogP contribution is -2.45. The summed E-state index contributed by atoms with van der Waals surface area (Å²) in [5.74, 6) is -0.320. The van der Waals surface area contributed by atoms with Gasteiger partial charge in [0, 0.05) is 24.6 Å². The van der Waals surface area contributed by atoms with Gasteiger partial charge in [0.05, 0.1) is 19.8 Å². The van der Waals surface area contributed by atoms with Gasteiger partial charge in [0.15, 0.2) is 6.29 Å². The molecule has 1 unspecified atom stereocenters. The van der Waals surface area contributed by atoms with Gasteiger partial charge in [-0.3, -0.25) is 9.69 Å². The van der Waals surface area contributed by atoms with E-state index < -0.39 is 6.36 Å². The molecule has 0 radical (unpaired) electrons. The van der Waals surface area contributed by atoms with Crippen LogP contribution in [0.15, 0.2) is 24.3 Å². The third-order valence-corrected chi connectivity index (χ3v) is 4.62. The molecule has 3 rings (SSSR count). The lowest BCUT2D eigenvalue weighted by molar-refractivity contribution is -0.274. The number of alkyl halides is 3. The number of benzene rings is 1. The number of halogens is 3. The van der Waals surface area contributed by atoms with Crippen molar-refractivity contribution in [1.82, 2.24) is 10.2 Å².